The van der Waals surface area contributed by atoms with E-state index in [1.807, 2.05) is 12.1 Å². The molecule has 1 aliphatic carbocycles. The first-order chi connectivity index (χ1) is 13.1. The fourth-order valence-corrected chi connectivity index (χ4v) is 4.70. The third-order valence-electron chi connectivity index (χ3n) is 6.24. The van der Waals surface area contributed by atoms with Crippen LogP contribution in [0, 0.1) is 11.8 Å². The van der Waals surface area contributed by atoms with Gasteiger partial charge in [-0.05, 0) is 49.4 Å². The molecule has 1 aromatic rings. The zero-order valence-electron chi connectivity index (χ0n) is 15.5. The number of carbonyl (C=O) groups excluding carboxylic acids is 3. The highest BCUT2D eigenvalue weighted by atomic mass is 16.2. The summed E-state index contributed by atoms with van der Waals surface area (Å²) in [5.41, 5.74) is 1.93. The number of hydrogen-bond acceptors (Lipinski definition) is 4. The number of fused-ring (bicyclic) bond motifs is 1. The molecule has 3 unspecified atom stereocenters. The van der Waals surface area contributed by atoms with E-state index >= 15 is 0 Å². The number of ketones is 1. The Balaban J connectivity index is 1.42. The molecule has 2 heterocycles. The van der Waals surface area contributed by atoms with E-state index in [0.717, 1.165) is 6.54 Å². The fourth-order valence-electron chi connectivity index (χ4n) is 4.70. The Morgan fingerprint density at radius 1 is 1.00 bits per heavy atom. The minimum Gasteiger partial charge on any atom is -0.350 e. The average Bonchev–Trinajstić information content (AvgIpc) is 2.69. The van der Waals surface area contributed by atoms with Gasteiger partial charge < -0.3 is 16.0 Å². The summed E-state index contributed by atoms with van der Waals surface area (Å²) in [6.45, 7) is 1.32. The minimum absolute atomic E-state index is 0.197. The Kier molecular flexibility index (Phi) is 5.25. The number of nitrogens with one attached hydrogen (secondary N) is 3. The van der Waals surface area contributed by atoms with E-state index in [1.54, 1.807) is 0 Å². The number of Topliss-reactive ketones (excluding diaryl/α,β-unsaturated/α-hetero) is 1. The first-order valence-corrected chi connectivity index (χ1v) is 10.1. The van der Waals surface area contributed by atoms with E-state index in [4.69, 9.17) is 0 Å². The zero-order valence-corrected chi connectivity index (χ0v) is 15.5. The molecular weight excluding hydrogens is 342 g/mol. The number of amides is 2. The lowest BCUT2D eigenvalue weighted by atomic mass is 9.78. The molecule has 1 saturated carbocycles. The van der Waals surface area contributed by atoms with E-state index in [2.05, 4.69) is 28.1 Å². The Morgan fingerprint density at radius 2 is 1.74 bits per heavy atom. The van der Waals surface area contributed by atoms with Gasteiger partial charge >= 0.3 is 0 Å². The summed E-state index contributed by atoms with van der Waals surface area (Å²) in [6, 6.07) is 7.66. The van der Waals surface area contributed by atoms with Crippen LogP contribution in [0.3, 0.4) is 0 Å². The summed E-state index contributed by atoms with van der Waals surface area (Å²) in [4.78, 5) is 37.7. The van der Waals surface area contributed by atoms with Gasteiger partial charge in [0.05, 0.1) is 6.04 Å². The minimum atomic E-state index is -1.25. The van der Waals surface area contributed by atoms with Crippen LogP contribution in [-0.4, -0.2) is 36.7 Å². The summed E-state index contributed by atoms with van der Waals surface area (Å²) in [7, 11) is 0. The lowest BCUT2D eigenvalue weighted by molar-refractivity contribution is -0.146. The lowest BCUT2D eigenvalue weighted by Crippen LogP contribution is -2.63. The van der Waals surface area contributed by atoms with Gasteiger partial charge in [0, 0.05) is 18.2 Å². The van der Waals surface area contributed by atoms with Gasteiger partial charge in [0.15, 0.2) is 11.7 Å². The van der Waals surface area contributed by atoms with Crippen LogP contribution in [0.4, 0.5) is 5.69 Å². The van der Waals surface area contributed by atoms with Crippen LogP contribution >= 0.6 is 0 Å². The molecule has 0 aromatic heterocycles. The molecule has 3 atom stereocenters. The molecule has 2 aliphatic heterocycles. The number of rotatable bonds is 3. The molecule has 6 heteroatoms. The highest BCUT2D eigenvalue weighted by Gasteiger charge is 2.47. The maximum atomic E-state index is 12.7. The maximum Gasteiger partial charge on any atom is 0.244 e. The van der Waals surface area contributed by atoms with E-state index in [-0.39, 0.29) is 17.7 Å². The molecule has 1 aromatic carbocycles. The van der Waals surface area contributed by atoms with Crippen molar-refractivity contribution in [1.29, 1.82) is 0 Å². The van der Waals surface area contributed by atoms with Crippen molar-refractivity contribution in [2.75, 3.05) is 18.4 Å². The quantitative estimate of drug-likeness (QED) is 0.711. The van der Waals surface area contributed by atoms with Gasteiger partial charge in [0.2, 0.25) is 11.8 Å². The third kappa shape index (κ3) is 3.76. The lowest BCUT2D eigenvalue weighted by Gasteiger charge is -2.37. The fraction of sp³-hybridized carbons (Fsp3) is 0.571. The molecule has 6 nitrogen and oxygen atoms in total. The van der Waals surface area contributed by atoms with Crippen molar-refractivity contribution >= 4 is 23.3 Å². The average molecular weight is 369 g/mol. The summed E-state index contributed by atoms with van der Waals surface area (Å²) < 4.78 is 0. The standard InChI is InChI=1S/C21H27N3O3/c25-19-16-10-11-22-12-17(16)24-21(27)18(19)20(26)23-15-8-6-14(7-9-15)13-4-2-1-3-5-13/h6-9,13,16-18,22H,1-5,10-12H2,(H,23,26)(H,24,27). The topological polar surface area (TPSA) is 87.3 Å². The smallest absolute Gasteiger partial charge is 0.244 e. The van der Waals surface area contributed by atoms with Gasteiger partial charge in [-0.3, -0.25) is 14.4 Å². The van der Waals surface area contributed by atoms with Crippen LogP contribution in [0.1, 0.15) is 50.0 Å². The molecule has 0 radical (unpaired) electrons. The molecule has 3 N–H and O–H groups in total. The second-order valence-corrected chi connectivity index (χ2v) is 8.00. The largest absolute Gasteiger partial charge is 0.350 e. The van der Waals surface area contributed by atoms with Crippen LogP contribution in [0.15, 0.2) is 24.3 Å². The van der Waals surface area contributed by atoms with Crippen LogP contribution in [0.2, 0.25) is 0 Å². The molecule has 2 saturated heterocycles. The number of anilines is 1. The highest BCUT2D eigenvalue weighted by molar-refractivity contribution is 6.23. The predicted octanol–water partition coefficient (Wildman–Crippen LogP) is 1.97. The summed E-state index contributed by atoms with van der Waals surface area (Å²) in [6.07, 6.45) is 6.98. The molecule has 0 bridgehead atoms. The molecular formula is C21H27N3O3. The molecule has 144 valence electrons. The second-order valence-electron chi connectivity index (χ2n) is 8.00. The molecule has 3 aliphatic rings. The monoisotopic (exact) mass is 369 g/mol. The highest BCUT2D eigenvalue weighted by Crippen LogP contribution is 2.33. The van der Waals surface area contributed by atoms with Crippen LogP contribution in [0.5, 0.6) is 0 Å². The predicted molar refractivity (Wildman–Crippen MR) is 102 cm³/mol. The van der Waals surface area contributed by atoms with Gasteiger partial charge in [-0.25, -0.2) is 0 Å². The van der Waals surface area contributed by atoms with Crippen molar-refractivity contribution in [3.8, 4) is 0 Å². The summed E-state index contributed by atoms with van der Waals surface area (Å²) in [5.74, 6) is -2.18. The summed E-state index contributed by atoms with van der Waals surface area (Å²) in [5, 5.41) is 8.77. The first-order valence-electron chi connectivity index (χ1n) is 10.1. The first kappa shape index (κ1) is 18.2. The third-order valence-corrected chi connectivity index (χ3v) is 6.24. The van der Waals surface area contributed by atoms with E-state index in [9.17, 15) is 14.4 Å². The van der Waals surface area contributed by atoms with Gasteiger partial charge in [-0.15, -0.1) is 0 Å². The normalized spacial score (nSPS) is 29.0. The van der Waals surface area contributed by atoms with Crippen molar-refractivity contribution in [3.05, 3.63) is 29.8 Å². The number of piperidine rings is 2. The van der Waals surface area contributed by atoms with E-state index in [1.165, 1.54) is 37.7 Å². The van der Waals surface area contributed by atoms with Crippen molar-refractivity contribution in [2.45, 2.75) is 50.5 Å². The van der Waals surface area contributed by atoms with Crippen molar-refractivity contribution < 1.29 is 14.4 Å². The Labute approximate surface area is 159 Å². The molecule has 4 rings (SSSR count). The maximum absolute atomic E-state index is 12.7. The van der Waals surface area contributed by atoms with Gasteiger partial charge in [0.25, 0.3) is 0 Å². The van der Waals surface area contributed by atoms with E-state index < -0.39 is 17.7 Å². The molecule has 0 spiro atoms. The van der Waals surface area contributed by atoms with Crippen molar-refractivity contribution in [2.24, 2.45) is 11.8 Å². The van der Waals surface area contributed by atoms with Gasteiger partial charge in [-0.1, -0.05) is 31.4 Å². The van der Waals surface area contributed by atoms with Gasteiger partial charge in [0.1, 0.15) is 0 Å². The number of benzene rings is 1. The Morgan fingerprint density at radius 3 is 2.48 bits per heavy atom. The van der Waals surface area contributed by atoms with Crippen LogP contribution in [0.25, 0.3) is 0 Å². The Hall–Kier alpha value is -2.21. The van der Waals surface area contributed by atoms with Gasteiger partial charge in [-0.2, -0.15) is 0 Å². The Bertz CT molecular complexity index is 725. The van der Waals surface area contributed by atoms with E-state index in [0.29, 0.717) is 24.6 Å². The molecule has 2 amide bonds. The van der Waals surface area contributed by atoms with Crippen molar-refractivity contribution in [3.63, 3.8) is 0 Å². The van der Waals surface area contributed by atoms with Crippen molar-refractivity contribution in [1.82, 2.24) is 10.6 Å². The SMILES string of the molecule is O=C(Nc1ccc(C2CCCCC2)cc1)C1C(=O)NC2CNCCC2C1=O. The summed E-state index contributed by atoms with van der Waals surface area (Å²) >= 11 is 0. The second kappa shape index (κ2) is 7.80. The molecule has 3 fully saturated rings. The zero-order chi connectivity index (χ0) is 18.8. The molecule has 27 heavy (non-hydrogen) atoms. The van der Waals surface area contributed by atoms with Crippen LogP contribution in [-0.2, 0) is 14.4 Å². The number of carbonyl (C=O) groups is 3. The number of hydrogen-bond donors (Lipinski definition) is 3. The van der Waals surface area contributed by atoms with Crippen LogP contribution < -0.4 is 16.0 Å².